The number of nitrogens with one attached hydrogen (secondary N) is 2. The summed E-state index contributed by atoms with van der Waals surface area (Å²) in [7, 11) is -2.20. The number of benzene rings is 2. The van der Waals surface area contributed by atoms with E-state index in [2.05, 4.69) is 15.0 Å². The van der Waals surface area contributed by atoms with Gasteiger partial charge in [-0.3, -0.25) is 14.5 Å². The fourth-order valence-corrected chi connectivity index (χ4v) is 3.37. The predicted molar refractivity (Wildman–Crippen MR) is 102 cm³/mol. The first-order valence-corrected chi connectivity index (χ1v) is 9.44. The van der Waals surface area contributed by atoms with Crippen LogP contribution in [0, 0.1) is 0 Å². The van der Waals surface area contributed by atoms with Crippen molar-refractivity contribution in [3.05, 3.63) is 78.6 Å². The maximum absolute atomic E-state index is 12.4. The molecule has 3 aromatic rings. The van der Waals surface area contributed by atoms with Gasteiger partial charge in [0.2, 0.25) is 0 Å². The molecule has 1 amide bonds. The lowest BCUT2D eigenvalue weighted by Crippen LogP contribution is -2.15. The molecule has 2 aromatic carbocycles. The number of amides is 1. The number of pyridine rings is 1. The quantitative estimate of drug-likeness (QED) is 0.681. The standard InChI is InChI=1S/C19H17N3O4S/c1-26-17-9-7-15(8-10-17)21-19(23)14-11-16(13-20-12-14)22-27(24,25)18-5-3-2-4-6-18/h2-13,22H,1H3,(H,21,23). The van der Waals surface area contributed by atoms with Gasteiger partial charge in [-0.2, -0.15) is 0 Å². The first kappa shape index (κ1) is 18.4. The van der Waals surface area contributed by atoms with Crippen molar-refractivity contribution in [2.75, 3.05) is 17.1 Å². The molecule has 1 aromatic heterocycles. The molecular formula is C19H17N3O4S. The summed E-state index contributed by atoms with van der Waals surface area (Å²) in [4.78, 5) is 16.5. The fourth-order valence-electron chi connectivity index (χ4n) is 2.31. The number of ether oxygens (including phenoxy) is 1. The number of rotatable bonds is 6. The van der Waals surface area contributed by atoms with Crippen LogP contribution in [0.15, 0.2) is 78.0 Å². The van der Waals surface area contributed by atoms with Gasteiger partial charge >= 0.3 is 0 Å². The number of sulfonamides is 1. The second-order valence-electron chi connectivity index (χ2n) is 5.56. The summed E-state index contributed by atoms with van der Waals surface area (Å²) in [6.45, 7) is 0. The molecule has 0 spiro atoms. The summed E-state index contributed by atoms with van der Waals surface area (Å²) >= 11 is 0. The van der Waals surface area contributed by atoms with Crippen molar-refractivity contribution in [3.63, 3.8) is 0 Å². The Kier molecular flexibility index (Phi) is 5.37. The van der Waals surface area contributed by atoms with E-state index in [1.54, 1.807) is 49.6 Å². The average Bonchev–Trinajstić information content (AvgIpc) is 2.69. The van der Waals surface area contributed by atoms with Crippen LogP contribution in [0.4, 0.5) is 11.4 Å². The highest BCUT2D eigenvalue weighted by molar-refractivity contribution is 7.92. The zero-order valence-corrected chi connectivity index (χ0v) is 15.2. The Balaban J connectivity index is 1.75. The van der Waals surface area contributed by atoms with Gasteiger partial charge in [0.05, 0.1) is 29.5 Å². The molecule has 2 N–H and O–H groups in total. The Hall–Kier alpha value is -3.39. The maximum Gasteiger partial charge on any atom is 0.261 e. The van der Waals surface area contributed by atoms with Gasteiger partial charge in [-0.05, 0) is 42.5 Å². The van der Waals surface area contributed by atoms with Crippen LogP contribution in [0.2, 0.25) is 0 Å². The van der Waals surface area contributed by atoms with Gasteiger partial charge in [0.25, 0.3) is 15.9 Å². The van der Waals surface area contributed by atoms with Crippen LogP contribution in [0.5, 0.6) is 5.75 Å². The summed E-state index contributed by atoms with van der Waals surface area (Å²) < 4.78 is 32.3. The van der Waals surface area contributed by atoms with E-state index in [-0.39, 0.29) is 16.1 Å². The van der Waals surface area contributed by atoms with Crippen LogP contribution in [-0.2, 0) is 10.0 Å². The first-order valence-electron chi connectivity index (χ1n) is 7.96. The smallest absolute Gasteiger partial charge is 0.261 e. The van der Waals surface area contributed by atoms with E-state index < -0.39 is 15.9 Å². The first-order chi connectivity index (χ1) is 13.0. The molecule has 3 rings (SSSR count). The highest BCUT2D eigenvalue weighted by atomic mass is 32.2. The third-order valence-electron chi connectivity index (χ3n) is 3.65. The van der Waals surface area contributed by atoms with Crippen LogP contribution >= 0.6 is 0 Å². The van der Waals surface area contributed by atoms with Crippen molar-refractivity contribution in [1.82, 2.24) is 4.98 Å². The van der Waals surface area contributed by atoms with Crippen LogP contribution in [0.25, 0.3) is 0 Å². The number of hydrogen-bond donors (Lipinski definition) is 2. The van der Waals surface area contributed by atoms with Gasteiger partial charge in [0, 0.05) is 11.9 Å². The van der Waals surface area contributed by atoms with Gasteiger partial charge in [-0.1, -0.05) is 18.2 Å². The number of carbonyl (C=O) groups excluding carboxylic acids is 1. The minimum absolute atomic E-state index is 0.123. The van der Waals surface area contributed by atoms with Crippen molar-refractivity contribution in [2.24, 2.45) is 0 Å². The third kappa shape index (κ3) is 4.62. The Morgan fingerprint density at radius 2 is 1.67 bits per heavy atom. The molecule has 0 aliphatic rings. The van der Waals surface area contributed by atoms with E-state index in [0.717, 1.165) is 0 Å². The number of hydrogen-bond acceptors (Lipinski definition) is 5. The molecule has 1 heterocycles. The zero-order valence-electron chi connectivity index (χ0n) is 14.4. The summed E-state index contributed by atoms with van der Waals surface area (Å²) in [5.41, 5.74) is 0.997. The second kappa shape index (κ2) is 7.88. The van der Waals surface area contributed by atoms with E-state index in [1.807, 2.05) is 0 Å². The summed E-state index contributed by atoms with van der Waals surface area (Å²) in [5.74, 6) is 0.264. The molecule has 7 nitrogen and oxygen atoms in total. The predicted octanol–water partition coefficient (Wildman–Crippen LogP) is 3.14. The van der Waals surface area contributed by atoms with Gasteiger partial charge in [-0.15, -0.1) is 0 Å². The van der Waals surface area contributed by atoms with Crippen LogP contribution in [0.3, 0.4) is 0 Å². The van der Waals surface area contributed by atoms with Crippen LogP contribution < -0.4 is 14.8 Å². The largest absolute Gasteiger partial charge is 0.497 e. The van der Waals surface area contributed by atoms with Gasteiger partial charge in [0.1, 0.15) is 5.75 Å². The molecule has 0 fully saturated rings. The molecule has 0 atom stereocenters. The molecule has 0 aliphatic heterocycles. The highest BCUT2D eigenvalue weighted by Gasteiger charge is 2.15. The van der Waals surface area contributed by atoms with E-state index in [0.29, 0.717) is 11.4 Å². The van der Waals surface area contributed by atoms with Crippen molar-refractivity contribution in [3.8, 4) is 5.75 Å². The summed E-state index contributed by atoms with van der Waals surface area (Å²) in [6, 6.07) is 16.2. The van der Waals surface area contributed by atoms with Crippen molar-refractivity contribution in [1.29, 1.82) is 0 Å². The molecule has 0 aliphatic carbocycles. The Labute approximate surface area is 157 Å². The summed E-state index contributed by atoms with van der Waals surface area (Å²) in [5, 5.41) is 2.72. The normalized spacial score (nSPS) is 10.9. The van der Waals surface area contributed by atoms with Crippen LogP contribution in [-0.4, -0.2) is 26.4 Å². The number of methoxy groups -OCH3 is 1. The number of aromatic nitrogens is 1. The van der Waals surface area contributed by atoms with E-state index >= 15 is 0 Å². The van der Waals surface area contributed by atoms with E-state index in [4.69, 9.17) is 4.74 Å². The lowest BCUT2D eigenvalue weighted by atomic mass is 10.2. The maximum atomic E-state index is 12.4. The topological polar surface area (TPSA) is 97.4 Å². The van der Waals surface area contributed by atoms with Gasteiger partial charge in [0.15, 0.2) is 0 Å². The Morgan fingerprint density at radius 1 is 0.963 bits per heavy atom. The van der Waals surface area contributed by atoms with Crippen molar-refractivity contribution in [2.45, 2.75) is 4.90 Å². The zero-order chi connectivity index (χ0) is 19.3. The number of carbonyl (C=O) groups is 1. The minimum Gasteiger partial charge on any atom is -0.497 e. The number of anilines is 2. The van der Waals surface area contributed by atoms with Crippen molar-refractivity contribution < 1.29 is 17.9 Å². The second-order valence-corrected chi connectivity index (χ2v) is 7.25. The van der Waals surface area contributed by atoms with E-state index in [1.165, 1.54) is 30.6 Å². The molecule has 0 unspecified atom stereocenters. The Bertz CT molecular complexity index is 1040. The lowest BCUT2D eigenvalue weighted by molar-refractivity contribution is 0.102. The average molecular weight is 383 g/mol. The third-order valence-corrected chi connectivity index (χ3v) is 5.05. The monoisotopic (exact) mass is 383 g/mol. The summed E-state index contributed by atoms with van der Waals surface area (Å²) in [6.07, 6.45) is 2.70. The van der Waals surface area contributed by atoms with Crippen LogP contribution in [0.1, 0.15) is 10.4 Å². The SMILES string of the molecule is COc1ccc(NC(=O)c2cncc(NS(=O)(=O)c3ccccc3)c2)cc1. The number of nitrogens with zero attached hydrogens (tertiary/aromatic N) is 1. The highest BCUT2D eigenvalue weighted by Crippen LogP contribution is 2.18. The van der Waals surface area contributed by atoms with Gasteiger partial charge < -0.3 is 10.1 Å². The van der Waals surface area contributed by atoms with E-state index in [9.17, 15) is 13.2 Å². The molecule has 138 valence electrons. The Morgan fingerprint density at radius 3 is 2.33 bits per heavy atom. The van der Waals surface area contributed by atoms with Gasteiger partial charge in [-0.25, -0.2) is 8.42 Å². The fraction of sp³-hybridized carbons (Fsp3) is 0.0526. The minimum atomic E-state index is -3.76. The molecule has 0 saturated heterocycles. The molecule has 0 radical (unpaired) electrons. The lowest BCUT2D eigenvalue weighted by Gasteiger charge is -2.10. The molecule has 8 heteroatoms. The molecular weight excluding hydrogens is 366 g/mol. The van der Waals surface area contributed by atoms with Crippen molar-refractivity contribution >= 4 is 27.3 Å². The molecule has 27 heavy (non-hydrogen) atoms. The molecule has 0 saturated carbocycles. The molecule has 0 bridgehead atoms.